The van der Waals surface area contributed by atoms with E-state index in [0.717, 1.165) is 23.6 Å². The van der Waals surface area contributed by atoms with Gasteiger partial charge in [-0.05, 0) is 60.5 Å². The van der Waals surface area contributed by atoms with Gasteiger partial charge in [0.25, 0.3) is 5.91 Å². The van der Waals surface area contributed by atoms with Gasteiger partial charge in [0.05, 0.1) is 21.6 Å². The molecule has 0 aliphatic heterocycles. The van der Waals surface area contributed by atoms with Gasteiger partial charge in [-0.2, -0.15) is 13.2 Å². The Morgan fingerprint density at radius 2 is 1.79 bits per heavy atom. The van der Waals surface area contributed by atoms with Crippen LogP contribution in [0.25, 0.3) is 11.0 Å². The lowest BCUT2D eigenvalue weighted by Gasteiger charge is -2.12. The van der Waals surface area contributed by atoms with Crippen molar-refractivity contribution in [3.8, 4) is 0 Å². The van der Waals surface area contributed by atoms with E-state index in [1.165, 1.54) is 37.4 Å². The van der Waals surface area contributed by atoms with Crippen molar-refractivity contribution in [2.75, 3.05) is 0 Å². The standard InChI is InChI=1S/C23H17F3N2O4S/c1-14-10-17(23(24,25)26)4-7-21(14)33(30,31)18-5-2-15(3-6-18)12-28-22(29)19-11-16-8-9-27-13-20(16)32-19/h2-11,13H,12H2,1H3,(H,28,29). The number of benzene rings is 2. The topological polar surface area (TPSA) is 89.3 Å². The molecule has 0 unspecified atom stereocenters. The van der Waals surface area contributed by atoms with Crippen LogP contribution in [0.15, 0.2) is 81.2 Å². The van der Waals surface area contributed by atoms with Crippen molar-refractivity contribution in [1.82, 2.24) is 10.3 Å². The predicted octanol–water partition coefficient (Wildman–Crippen LogP) is 4.92. The number of nitrogens with one attached hydrogen (secondary N) is 1. The Balaban J connectivity index is 1.48. The number of hydrogen-bond donors (Lipinski definition) is 1. The first kappa shape index (κ1) is 22.5. The Morgan fingerprint density at radius 1 is 1.06 bits per heavy atom. The second kappa shape index (κ2) is 8.36. The SMILES string of the molecule is Cc1cc(C(F)(F)F)ccc1S(=O)(=O)c1ccc(CNC(=O)c2cc3ccncc3o2)cc1. The van der Waals surface area contributed by atoms with E-state index in [-0.39, 0.29) is 27.7 Å². The summed E-state index contributed by atoms with van der Waals surface area (Å²) >= 11 is 0. The van der Waals surface area contributed by atoms with E-state index in [1.807, 2.05) is 0 Å². The van der Waals surface area contributed by atoms with E-state index >= 15 is 0 Å². The lowest BCUT2D eigenvalue weighted by molar-refractivity contribution is -0.137. The van der Waals surface area contributed by atoms with Crippen LogP contribution in [0.4, 0.5) is 13.2 Å². The van der Waals surface area contributed by atoms with Crippen LogP contribution in [-0.4, -0.2) is 19.3 Å². The van der Waals surface area contributed by atoms with Crippen LogP contribution in [0, 0.1) is 6.92 Å². The highest BCUT2D eigenvalue weighted by molar-refractivity contribution is 7.91. The summed E-state index contributed by atoms with van der Waals surface area (Å²) in [4.78, 5) is 16.0. The second-order valence-corrected chi connectivity index (χ2v) is 9.25. The lowest BCUT2D eigenvalue weighted by Crippen LogP contribution is -2.22. The number of amides is 1. The Morgan fingerprint density at radius 3 is 2.42 bits per heavy atom. The van der Waals surface area contributed by atoms with E-state index in [0.29, 0.717) is 11.1 Å². The van der Waals surface area contributed by atoms with E-state index in [9.17, 15) is 26.4 Å². The molecule has 4 rings (SSSR count). The summed E-state index contributed by atoms with van der Waals surface area (Å²) in [7, 11) is -4.01. The number of nitrogens with zero attached hydrogens (tertiary/aromatic N) is 1. The van der Waals surface area contributed by atoms with Crippen molar-refractivity contribution in [2.45, 2.75) is 29.4 Å². The van der Waals surface area contributed by atoms with Gasteiger partial charge in [-0.15, -0.1) is 0 Å². The highest BCUT2D eigenvalue weighted by Crippen LogP contribution is 2.33. The van der Waals surface area contributed by atoms with Crippen molar-refractivity contribution < 1.29 is 30.8 Å². The second-order valence-electron chi connectivity index (χ2n) is 7.33. The lowest BCUT2D eigenvalue weighted by atomic mass is 10.1. The molecule has 2 aromatic heterocycles. The number of carbonyl (C=O) groups excluding carboxylic acids is 1. The first-order valence-corrected chi connectivity index (χ1v) is 11.2. The first-order chi connectivity index (χ1) is 15.6. The molecule has 1 amide bonds. The Hall–Kier alpha value is -3.66. The molecule has 0 aliphatic carbocycles. The van der Waals surface area contributed by atoms with Crippen LogP contribution in [-0.2, 0) is 22.6 Å². The molecule has 33 heavy (non-hydrogen) atoms. The van der Waals surface area contributed by atoms with Gasteiger partial charge < -0.3 is 9.73 Å². The first-order valence-electron chi connectivity index (χ1n) is 9.69. The molecule has 0 saturated heterocycles. The number of aromatic nitrogens is 1. The molecule has 1 N–H and O–H groups in total. The number of fused-ring (bicyclic) bond motifs is 1. The maximum atomic E-state index is 12.9. The summed E-state index contributed by atoms with van der Waals surface area (Å²) in [6.07, 6.45) is -1.47. The van der Waals surface area contributed by atoms with Crippen molar-refractivity contribution in [3.63, 3.8) is 0 Å². The number of aryl methyl sites for hydroxylation is 1. The number of sulfone groups is 1. The van der Waals surface area contributed by atoms with Crippen molar-refractivity contribution in [1.29, 1.82) is 0 Å². The van der Waals surface area contributed by atoms with Gasteiger partial charge in [0.1, 0.15) is 0 Å². The van der Waals surface area contributed by atoms with E-state index in [4.69, 9.17) is 4.42 Å². The minimum absolute atomic E-state index is 0.00204. The number of carbonyl (C=O) groups is 1. The average Bonchev–Trinajstić information content (AvgIpc) is 3.21. The van der Waals surface area contributed by atoms with Crippen molar-refractivity contribution >= 4 is 26.7 Å². The summed E-state index contributed by atoms with van der Waals surface area (Å²) in [5.41, 5.74) is 0.202. The monoisotopic (exact) mass is 474 g/mol. The third kappa shape index (κ3) is 4.61. The molecular weight excluding hydrogens is 457 g/mol. The minimum atomic E-state index is -4.56. The molecule has 0 spiro atoms. The van der Waals surface area contributed by atoms with Crippen LogP contribution < -0.4 is 5.32 Å². The molecule has 0 aliphatic rings. The van der Waals surface area contributed by atoms with Crippen LogP contribution in [0.5, 0.6) is 0 Å². The number of pyridine rings is 1. The van der Waals surface area contributed by atoms with Gasteiger partial charge in [-0.1, -0.05) is 12.1 Å². The normalized spacial score (nSPS) is 12.1. The zero-order valence-corrected chi connectivity index (χ0v) is 18.0. The Kier molecular flexibility index (Phi) is 5.71. The molecule has 4 aromatic rings. The van der Waals surface area contributed by atoms with Gasteiger partial charge in [-0.3, -0.25) is 9.78 Å². The third-order valence-electron chi connectivity index (χ3n) is 5.03. The van der Waals surface area contributed by atoms with E-state index in [2.05, 4.69) is 10.3 Å². The fourth-order valence-corrected chi connectivity index (χ4v) is 4.78. The molecule has 170 valence electrons. The Labute approximate surface area is 187 Å². The third-order valence-corrected chi connectivity index (χ3v) is 6.96. The number of rotatable bonds is 5. The maximum Gasteiger partial charge on any atom is 0.416 e. The largest absolute Gasteiger partial charge is 0.449 e. The van der Waals surface area contributed by atoms with Gasteiger partial charge in [-0.25, -0.2) is 8.42 Å². The summed E-state index contributed by atoms with van der Waals surface area (Å²) in [6.45, 7) is 1.44. The number of alkyl halides is 3. The molecule has 0 fully saturated rings. The minimum Gasteiger partial charge on any atom is -0.449 e. The zero-order chi connectivity index (χ0) is 23.8. The van der Waals surface area contributed by atoms with E-state index < -0.39 is 27.5 Å². The highest BCUT2D eigenvalue weighted by Gasteiger charge is 2.32. The number of hydrogen-bond acceptors (Lipinski definition) is 5. The van der Waals surface area contributed by atoms with Crippen LogP contribution in [0.2, 0.25) is 0 Å². The average molecular weight is 474 g/mol. The molecule has 0 bridgehead atoms. The van der Waals surface area contributed by atoms with Gasteiger partial charge in [0, 0.05) is 18.1 Å². The molecule has 0 radical (unpaired) electrons. The summed E-state index contributed by atoms with van der Waals surface area (Å²) in [6, 6.07) is 11.6. The van der Waals surface area contributed by atoms with Gasteiger partial charge >= 0.3 is 6.18 Å². The van der Waals surface area contributed by atoms with Gasteiger partial charge in [0.2, 0.25) is 9.84 Å². The van der Waals surface area contributed by atoms with Crippen molar-refractivity contribution in [3.05, 3.63) is 89.4 Å². The molecule has 2 heterocycles. The maximum absolute atomic E-state index is 12.9. The van der Waals surface area contributed by atoms with Crippen LogP contribution in [0.3, 0.4) is 0 Å². The molecular formula is C23H17F3N2O4S. The van der Waals surface area contributed by atoms with E-state index in [1.54, 1.807) is 18.3 Å². The Bertz CT molecular complexity index is 1410. The fraction of sp³-hybridized carbons (Fsp3) is 0.130. The fourth-order valence-electron chi connectivity index (χ4n) is 3.31. The molecule has 0 saturated carbocycles. The molecule has 2 aromatic carbocycles. The van der Waals surface area contributed by atoms with Crippen LogP contribution >= 0.6 is 0 Å². The smallest absolute Gasteiger partial charge is 0.416 e. The molecule has 0 atom stereocenters. The van der Waals surface area contributed by atoms with Crippen molar-refractivity contribution in [2.24, 2.45) is 0 Å². The molecule has 10 heteroatoms. The summed E-state index contributed by atoms with van der Waals surface area (Å²) in [5.74, 6) is -0.321. The highest BCUT2D eigenvalue weighted by atomic mass is 32.2. The number of halogens is 3. The van der Waals surface area contributed by atoms with Crippen LogP contribution in [0.1, 0.15) is 27.2 Å². The summed E-state index contributed by atoms with van der Waals surface area (Å²) in [5, 5.41) is 3.43. The van der Waals surface area contributed by atoms with Gasteiger partial charge in [0.15, 0.2) is 11.3 Å². The number of furan rings is 1. The molecule has 6 nitrogen and oxygen atoms in total. The predicted molar refractivity (Wildman–Crippen MR) is 113 cm³/mol. The zero-order valence-electron chi connectivity index (χ0n) is 17.2. The quantitative estimate of drug-likeness (QED) is 0.444. The summed E-state index contributed by atoms with van der Waals surface area (Å²) < 4.78 is 69.8.